The van der Waals surface area contributed by atoms with Crippen LogP contribution in [0.1, 0.15) is 0 Å². The van der Waals surface area contributed by atoms with Crippen molar-refractivity contribution >= 4 is 29.2 Å². The van der Waals surface area contributed by atoms with Gasteiger partial charge in [0.2, 0.25) is 5.91 Å². The number of rotatable bonds is 4. The number of carbonyl (C=O) groups is 1. The average Bonchev–Trinajstić information content (AvgIpc) is 2.76. The normalized spacial score (nSPS) is 10.2. The van der Waals surface area contributed by atoms with Gasteiger partial charge in [0, 0.05) is 5.56 Å². The van der Waals surface area contributed by atoms with Crippen LogP contribution in [-0.4, -0.2) is 21.0 Å². The van der Waals surface area contributed by atoms with Crippen LogP contribution in [0.5, 0.6) is 0 Å². The quantitative estimate of drug-likeness (QED) is 0.841. The SMILES string of the molecule is NC(=O)CSc1nc(-c2ccccc2)ns1. The second-order valence-corrected chi connectivity index (χ2v) is 4.98. The molecule has 1 amide bonds. The summed E-state index contributed by atoms with van der Waals surface area (Å²) >= 11 is 2.59. The Hall–Kier alpha value is -1.40. The molecular weight excluding hydrogens is 242 g/mol. The molecule has 0 radical (unpaired) electrons. The average molecular weight is 251 g/mol. The van der Waals surface area contributed by atoms with Crippen LogP contribution in [0.3, 0.4) is 0 Å². The molecule has 1 aromatic heterocycles. The van der Waals surface area contributed by atoms with Crippen molar-refractivity contribution in [1.82, 2.24) is 9.36 Å². The molecule has 4 nitrogen and oxygen atoms in total. The zero-order valence-corrected chi connectivity index (χ0v) is 9.92. The second-order valence-electron chi connectivity index (χ2n) is 3.00. The first-order valence-corrected chi connectivity index (χ1v) is 6.32. The topological polar surface area (TPSA) is 68.9 Å². The molecule has 0 aliphatic carbocycles. The Morgan fingerprint density at radius 3 is 2.81 bits per heavy atom. The zero-order valence-electron chi connectivity index (χ0n) is 8.29. The van der Waals surface area contributed by atoms with Gasteiger partial charge in [-0.2, -0.15) is 4.37 Å². The van der Waals surface area contributed by atoms with Gasteiger partial charge in [-0.15, -0.1) is 0 Å². The molecule has 82 valence electrons. The van der Waals surface area contributed by atoms with Gasteiger partial charge in [0.1, 0.15) is 0 Å². The van der Waals surface area contributed by atoms with Gasteiger partial charge >= 0.3 is 0 Å². The minimum absolute atomic E-state index is 0.240. The standard InChI is InChI=1S/C10H9N3OS2/c11-8(14)6-15-10-12-9(13-16-10)7-4-2-1-3-5-7/h1-5H,6H2,(H2,11,14). The number of primary amides is 1. The zero-order chi connectivity index (χ0) is 11.4. The molecule has 0 atom stereocenters. The summed E-state index contributed by atoms with van der Waals surface area (Å²) in [5, 5.41) is 0. The molecule has 1 aromatic carbocycles. The Morgan fingerprint density at radius 1 is 1.38 bits per heavy atom. The van der Waals surface area contributed by atoms with Gasteiger partial charge in [-0.1, -0.05) is 42.1 Å². The molecule has 16 heavy (non-hydrogen) atoms. The van der Waals surface area contributed by atoms with Gasteiger partial charge in [0.15, 0.2) is 10.2 Å². The van der Waals surface area contributed by atoms with E-state index in [2.05, 4.69) is 9.36 Å². The maximum atomic E-state index is 10.6. The summed E-state index contributed by atoms with van der Waals surface area (Å²) < 4.78 is 4.98. The lowest BCUT2D eigenvalue weighted by Gasteiger charge is -1.92. The van der Waals surface area contributed by atoms with E-state index in [1.165, 1.54) is 23.3 Å². The molecule has 0 aliphatic rings. The van der Waals surface area contributed by atoms with E-state index in [0.717, 1.165) is 9.90 Å². The summed E-state index contributed by atoms with van der Waals surface area (Å²) in [5.74, 6) is 0.586. The van der Waals surface area contributed by atoms with Gasteiger partial charge in [-0.3, -0.25) is 4.79 Å². The fourth-order valence-electron chi connectivity index (χ4n) is 1.11. The van der Waals surface area contributed by atoms with Crippen molar-refractivity contribution in [3.05, 3.63) is 30.3 Å². The Bertz CT molecular complexity index is 484. The molecule has 0 saturated heterocycles. The van der Waals surface area contributed by atoms with Gasteiger partial charge in [-0.05, 0) is 11.5 Å². The number of hydrogen-bond acceptors (Lipinski definition) is 5. The molecule has 0 saturated carbocycles. The minimum Gasteiger partial charge on any atom is -0.369 e. The van der Waals surface area contributed by atoms with Crippen LogP contribution in [0.25, 0.3) is 11.4 Å². The molecule has 2 N–H and O–H groups in total. The molecule has 0 aliphatic heterocycles. The van der Waals surface area contributed by atoms with Gasteiger partial charge in [0.25, 0.3) is 0 Å². The molecular formula is C10H9N3OS2. The highest BCUT2D eigenvalue weighted by molar-refractivity contribution is 8.01. The highest BCUT2D eigenvalue weighted by Gasteiger charge is 2.07. The van der Waals surface area contributed by atoms with Crippen molar-refractivity contribution in [2.75, 3.05) is 5.75 Å². The second kappa shape index (κ2) is 5.09. The summed E-state index contributed by atoms with van der Waals surface area (Å²) in [6.07, 6.45) is 0. The van der Waals surface area contributed by atoms with E-state index in [1.54, 1.807) is 0 Å². The maximum absolute atomic E-state index is 10.6. The smallest absolute Gasteiger partial charge is 0.227 e. The van der Waals surface area contributed by atoms with Crippen LogP contribution in [-0.2, 0) is 4.79 Å². The van der Waals surface area contributed by atoms with E-state index in [1.807, 2.05) is 30.3 Å². The first-order chi connectivity index (χ1) is 7.75. The van der Waals surface area contributed by atoms with E-state index in [4.69, 9.17) is 5.73 Å². The van der Waals surface area contributed by atoms with Crippen molar-refractivity contribution in [2.45, 2.75) is 4.34 Å². The number of nitrogens with zero attached hydrogens (tertiary/aromatic N) is 2. The third kappa shape index (κ3) is 2.80. The third-order valence-corrected chi connectivity index (χ3v) is 3.63. The van der Waals surface area contributed by atoms with Crippen LogP contribution >= 0.6 is 23.3 Å². The van der Waals surface area contributed by atoms with Crippen LogP contribution in [0, 0.1) is 0 Å². The fraction of sp³-hybridized carbons (Fsp3) is 0.100. The van der Waals surface area contributed by atoms with Crippen molar-refractivity contribution in [2.24, 2.45) is 5.73 Å². The number of nitrogens with two attached hydrogens (primary N) is 1. The first kappa shape index (κ1) is 11.1. The van der Waals surface area contributed by atoms with Crippen LogP contribution in [0.2, 0.25) is 0 Å². The van der Waals surface area contributed by atoms with Crippen LogP contribution in [0.15, 0.2) is 34.7 Å². The van der Waals surface area contributed by atoms with Crippen LogP contribution in [0.4, 0.5) is 0 Å². The molecule has 2 rings (SSSR count). The maximum Gasteiger partial charge on any atom is 0.227 e. The number of benzene rings is 1. The Kier molecular flexibility index (Phi) is 3.53. The highest BCUT2D eigenvalue weighted by atomic mass is 32.2. The lowest BCUT2D eigenvalue weighted by molar-refractivity contribution is -0.115. The molecule has 6 heteroatoms. The van der Waals surface area contributed by atoms with Crippen LogP contribution < -0.4 is 5.73 Å². The summed E-state index contributed by atoms with van der Waals surface area (Å²) in [5.41, 5.74) is 6.03. The van der Waals surface area contributed by atoms with Gasteiger partial charge < -0.3 is 5.73 Å². The van der Waals surface area contributed by atoms with Crippen molar-refractivity contribution in [3.63, 3.8) is 0 Å². The molecule has 2 aromatic rings. The van der Waals surface area contributed by atoms with Crippen molar-refractivity contribution in [1.29, 1.82) is 0 Å². The summed E-state index contributed by atoms with van der Waals surface area (Å²) in [6, 6.07) is 9.72. The molecule has 0 fully saturated rings. The van der Waals surface area contributed by atoms with E-state index in [-0.39, 0.29) is 11.7 Å². The largest absolute Gasteiger partial charge is 0.369 e. The number of aromatic nitrogens is 2. The summed E-state index contributed by atoms with van der Waals surface area (Å²) in [6.45, 7) is 0. The van der Waals surface area contributed by atoms with Gasteiger partial charge in [-0.25, -0.2) is 4.98 Å². The molecule has 0 spiro atoms. The Morgan fingerprint density at radius 2 is 2.12 bits per heavy atom. The van der Waals surface area contributed by atoms with E-state index in [0.29, 0.717) is 5.82 Å². The molecule has 0 bridgehead atoms. The summed E-state index contributed by atoms with van der Waals surface area (Å²) in [4.78, 5) is 14.9. The Balaban J connectivity index is 2.11. The number of hydrogen-bond donors (Lipinski definition) is 1. The lowest BCUT2D eigenvalue weighted by Crippen LogP contribution is -2.12. The third-order valence-electron chi connectivity index (χ3n) is 1.78. The Labute approximate surface area is 101 Å². The first-order valence-electron chi connectivity index (χ1n) is 4.56. The monoisotopic (exact) mass is 251 g/mol. The number of amides is 1. The number of thioether (sulfide) groups is 1. The predicted molar refractivity (Wildman–Crippen MR) is 65.3 cm³/mol. The minimum atomic E-state index is -0.346. The van der Waals surface area contributed by atoms with Gasteiger partial charge in [0.05, 0.1) is 5.75 Å². The van der Waals surface area contributed by atoms with E-state index in [9.17, 15) is 4.79 Å². The highest BCUT2D eigenvalue weighted by Crippen LogP contribution is 2.24. The lowest BCUT2D eigenvalue weighted by atomic mass is 10.2. The number of carbonyl (C=O) groups excluding carboxylic acids is 1. The van der Waals surface area contributed by atoms with E-state index >= 15 is 0 Å². The molecule has 1 heterocycles. The van der Waals surface area contributed by atoms with Crippen molar-refractivity contribution < 1.29 is 4.79 Å². The predicted octanol–water partition coefficient (Wildman–Crippen LogP) is 1.78. The summed E-state index contributed by atoms with van der Waals surface area (Å²) in [7, 11) is 0. The van der Waals surface area contributed by atoms with Crippen molar-refractivity contribution in [3.8, 4) is 11.4 Å². The molecule has 0 unspecified atom stereocenters. The fourth-order valence-corrected chi connectivity index (χ4v) is 2.46. The van der Waals surface area contributed by atoms with E-state index < -0.39 is 0 Å².